The third kappa shape index (κ3) is 2.58. The third-order valence-corrected chi connectivity index (χ3v) is 4.84. The highest BCUT2D eigenvalue weighted by Gasteiger charge is 2.24. The topological polar surface area (TPSA) is 77.7 Å². The molecule has 25 heavy (non-hydrogen) atoms. The van der Waals surface area contributed by atoms with Crippen molar-refractivity contribution in [3.63, 3.8) is 0 Å². The molecule has 1 aliphatic heterocycles. The van der Waals surface area contributed by atoms with Crippen molar-refractivity contribution < 1.29 is 4.79 Å². The molecule has 3 aromatic rings. The van der Waals surface area contributed by atoms with Gasteiger partial charge in [-0.1, -0.05) is 11.6 Å². The van der Waals surface area contributed by atoms with E-state index in [2.05, 4.69) is 29.1 Å². The predicted molar refractivity (Wildman–Crippen MR) is 94.1 cm³/mol. The van der Waals surface area contributed by atoms with E-state index in [-0.39, 0.29) is 5.91 Å². The van der Waals surface area contributed by atoms with Crippen molar-refractivity contribution in [1.29, 1.82) is 5.26 Å². The zero-order valence-electron chi connectivity index (χ0n) is 14.3. The van der Waals surface area contributed by atoms with Crippen LogP contribution in [0.3, 0.4) is 0 Å². The minimum Gasteiger partial charge on any atom is -0.350 e. The number of aromatic nitrogens is 3. The Morgan fingerprint density at radius 2 is 2.12 bits per heavy atom. The van der Waals surface area contributed by atoms with Crippen LogP contribution in [0.25, 0.3) is 10.9 Å². The van der Waals surface area contributed by atoms with E-state index in [1.165, 1.54) is 5.56 Å². The summed E-state index contributed by atoms with van der Waals surface area (Å²) in [6.07, 6.45) is 0.823. The molecule has 3 heterocycles. The molecule has 0 spiro atoms. The van der Waals surface area contributed by atoms with Gasteiger partial charge in [0.1, 0.15) is 11.8 Å². The average Bonchev–Trinajstić information content (AvgIpc) is 3.08. The summed E-state index contributed by atoms with van der Waals surface area (Å²) in [6.45, 7) is 5.92. The van der Waals surface area contributed by atoms with E-state index in [1.807, 2.05) is 28.6 Å². The molecule has 0 saturated heterocycles. The third-order valence-electron chi connectivity index (χ3n) is 4.84. The fraction of sp³-hybridized carbons (Fsp3) is 0.316. The average molecular weight is 333 g/mol. The van der Waals surface area contributed by atoms with Gasteiger partial charge in [-0.2, -0.15) is 10.4 Å². The second kappa shape index (κ2) is 5.78. The molecule has 4 rings (SSSR count). The highest BCUT2D eigenvalue weighted by atomic mass is 16.2. The number of carbonyl (C=O) groups is 1. The molecule has 1 amide bonds. The van der Waals surface area contributed by atoms with E-state index in [0.29, 0.717) is 24.5 Å². The van der Waals surface area contributed by atoms with Crippen LogP contribution >= 0.6 is 0 Å². The molecule has 0 unspecified atom stereocenters. The number of benzene rings is 1. The van der Waals surface area contributed by atoms with E-state index < -0.39 is 0 Å². The van der Waals surface area contributed by atoms with Crippen LogP contribution in [0.2, 0.25) is 0 Å². The number of nitrogens with zero attached hydrogens (tertiary/aromatic N) is 4. The number of aryl methyl sites for hydroxylation is 3. The Bertz CT molecular complexity index is 1020. The maximum absolute atomic E-state index is 13.1. The quantitative estimate of drug-likeness (QED) is 0.744. The number of carbonyl (C=O) groups excluding carboxylic acids is 1. The van der Waals surface area contributed by atoms with Gasteiger partial charge in [0.2, 0.25) is 0 Å². The Kier molecular flexibility index (Phi) is 3.57. The van der Waals surface area contributed by atoms with Crippen LogP contribution in [0, 0.1) is 25.2 Å². The molecule has 1 aliphatic rings. The SMILES string of the molecule is Cc1ccc2[nH]c(C(=O)N3CCCn4nc(C#N)cc4C3)c(C)c2c1. The molecule has 0 radical (unpaired) electrons. The van der Waals surface area contributed by atoms with Gasteiger partial charge in [-0.25, -0.2) is 0 Å². The van der Waals surface area contributed by atoms with Crippen molar-refractivity contribution >= 4 is 16.8 Å². The van der Waals surface area contributed by atoms with Crippen LogP contribution < -0.4 is 0 Å². The van der Waals surface area contributed by atoms with Crippen LogP contribution in [0.4, 0.5) is 0 Å². The smallest absolute Gasteiger partial charge is 0.270 e. The van der Waals surface area contributed by atoms with Gasteiger partial charge < -0.3 is 9.88 Å². The number of aromatic amines is 1. The lowest BCUT2D eigenvalue weighted by Gasteiger charge is -2.19. The Balaban J connectivity index is 1.69. The second-order valence-electron chi connectivity index (χ2n) is 6.61. The van der Waals surface area contributed by atoms with Crippen molar-refractivity contribution in [1.82, 2.24) is 19.7 Å². The van der Waals surface area contributed by atoms with E-state index >= 15 is 0 Å². The minimum absolute atomic E-state index is 0.000453. The van der Waals surface area contributed by atoms with Gasteiger partial charge in [-0.3, -0.25) is 9.48 Å². The maximum Gasteiger partial charge on any atom is 0.270 e. The molecule has 0 aliphatic carbocycles. The van der Waals surface area contributed by atoms with E-state index in [4.69, 9.17) is 5.26 Å². The lowest BCUT2D eigenvalue weighted by Crippen LogP contribution is -2.31. The molecule has 1 aromatic carbocycles. The number of fused-ring (bicyclic) bond motifs is 2. The van der Waals surface area contributed by atoms with E-state index in [1.54, 1.807) is 6.07 Å². The number of rotatable bonds is 1. The largest absolute Gasteiger partial charge is 0.350 e. The first-order valence-electron chi connectivity index (χ1n) is 8.42. The summed E-state index contributed by atoms with van der Waals surface area (Å²) in [7, 11) is 0. The number of nitriles is 1. The Morgan fingerprint density at radius 3 is 2.92 bits per heavy atom. The summed E-state index contributed by atoms with van der Waals surface area (Å²) in [5, 5.41) is 14.4. The van der Waals surface area contributed by atoms with Crippen molar-refractivity contribution in [2.45, 2.75) is 33.4 Å². The summed E-state index contributed by atoms with van der Waals surface area (Å²) < 4.78 is 1.84. The van der Waals surface area contributed by atoms with Crippen LogP contribution in [-0.4, -0.2) is 32.1 Å². The van der Waals surface area contributed by atoms with Gasteiger partial charge >= 0.3 is 0 Å². The molecule has 126 valence electrons. The van der Waals surface area contributed by atoms with Gasteiger partial charge in [0.05, 0.1) is 12.2 Å². The van der Waals surface area contributed by atoms with Gasteiger partial charge in [0.25, 0.3) is 5.91 Å². The summed E-state index contributed by atoms with van der Waals surface area (Å²) in [4.78, 5) is 18.2. The number of nitrogens with one attached hydrogen (secondary N) is 1. The van der Waals surface area contributed by atoms with Crippen LogP contribution in [0.5, 0.6) is 0 Å². The van der Waals surface area contributed by atoms with E-state index in [9.17, 15) is 4.79 Å². The Morgan fingerprint density at radius 1 is 1.28 bits per heavy atom. The molecular formula is C19H19N5O. The summed E-state index contributed by atoms with van der Waals surface area (Å²) in [5.74, 6) is -0.000453. The van der Waals surface area contributed by atoms with Crippen molar-refractivity contribution in [3.05, 3.63) is 52.5 Å². The Hall–Kier alpha value is -3.07. The lowest BCUT2D eigenvalue weighted by atomic mass is 10.1. The number of hydrogen-bond donors (Lipinski definition) is 1. The standard InChI is InChI=1S/C19H19N5O/c1-12-4-5-17-16(8-12)13(2)18(21-17)19(25)23-6-3-7-24-15(11-23)9-14(10-20)22-24/h4-5,8-9,21H,3,6-7,11H2,1-2H3. The van der Waals surface area contributed by atoms with Crippen LogP contribution in [0.15, 0.2) is 24.3 Å². The van der Waals surface area contributed by atoms with Gasteiger partial charge in [-0.15, -0.1) is 0 Å². The molecule has 1 N–H and O–H groups in total. The molecule has 0 saturated carbocycles. The molecule has 0 bridgehead atoms. The highest BCUT2D eigenvalue weighted by molar-refractivity contribution is 6.01. The lowest BCUT2D eigenvalue weighted by molar-refractivity contribution is 0.0740. The molecular weight excluding hydrogens is 314 g/mol. The van der Waals surface area contributed by atoms with Crippen molar-refractivity contribution in [2.75, 3.05) is 6.54 Å². The fourth-order valence-electron chi connectivity index (χ4n) is 3.50. The first-order chi connectivity index (χ1) is 12.1. The molecule has 2 aromatic heterocycles. The highest BCUT2D eigenvalue weighted by Crippen LogP contribution is 2.25. The van der Waals surface area contributed by atoms with Gasteiger partial charge in [-0.05, 0) is 44.0 Å². The monoisotopic (exact) mass is 333 g/mol. The summed E-state index contributed by atoms with van der Waals surface area (Å²) >= 11 is 0. The Labute approximate surface area is 145 Å². The molecule has 6 heteroatoms. The van der Waals surface area contributed by atoms with Crippen molar-refractivity contribution in [3.8, 4) is 6.07 Å². The van der Waals surface area contributed by atoms with E-state index in [0.717, 1.165) is 35.1 Å². The van der Waals surface area contributed by atoms with Gasteiger partial charge in [0, 0.05) is 24.0 Å². The number of amides is 1. The summed E-state index contributed by atoms with van der Waals surface area (Å²) in [5.41, 5.74) is 5.11. The number of hydrogen-bond acceptors (Lipinski definition) is 3. The van der Waals surface area contributed by atoms with Crippen LogP contribution in [-0.2, 0) is 13.1 Å². The van der Waals surface area contributed by atoms with Crippen LogP contribution in [0.1, 0.15) is 39.4 Å². The zero-order valence-corrected chi connectivity index (χ0v) is 14.3. The fourth-order valence-corrected chi connectivity index (χ4v) is 3.50. The van der Waals surface area contributed by atoms with Gasteiger partial charge in [0.15, 0.2) is 5.69 Å². The molecule has 0 atom stereocenters. The first kappa shape index (κ1) is 15.5. The molecule has 0 fully saturated rings. The second-order valence-corrected chi connectivity index (χ2v) is 6.61. The maximum atomic E-state index is 13.1. The zero-order chi connectivity index (χ0) is 17.6. The minimum atomic E-state index is -0.000453. The first-order valence-corrected chi connectivity index (χ1v) is 8.42. The van der Waals surface area contributed by atoms with Crippen molar-refractivity contribution in [2.24, 2.45) is 0 Å². The predicted octanol–water partition coefficient (Wildman–Crippen LogP) is 2.90. The normalized spacial score (nSPS) is 14.2. The summed E-state index contributed by atoms with van der Waals surface area (Å²) in [6, 6.07) is 10.0. The number of H-pyrrole nitrogens is 1. The molecule has 6 nitrogen and oxygen atoms in total.